The van der Waals surface area contributed by atoms with Crippen LogP contribution < -0.4 is 4.90 Å². The normalized spacial score (nSPS) is 17.9. The van der Waals surface area contributed by atoms with Gasteiger partial charge in [0.15, 0.2) is 5.71 Å². The van der Waals surface area contributed by atoms with Gasteiger partial charge in [0.05, 0.1) is 100 Å². The Bertz CT molecular complexity index is 4000. The van der Waals surface area contributed by atoms with Gasteiger partial charge in [-0.1, -0.05) is 42.9 Å². The Morgan fingerprint density at radius 2 is 0.967 bits per heavy atom. The molecule has 6 N–H and O–H groups in total. The maximum absolute atomic E-state index is 12.9. The molecular weight excluding hydrogens is 1310 g/mol. The largest absolute Gasteiger partial charge is 0.481 e. The van der Waals surface area contributed by atoms with Crippen molar-refractivity contribution in [3.05, 3.63) is 108 Å². The van der Waals surface area contributed by atoms with E-state index in [1.54, 1.807) is 74.3 Å². The summed E-state index contributed by atoms with van der Waals surface area (Å²) in [4.78, 5) is 10.2. The summed E-state index contributed by atoms with van der Waals surface area (Å²) in [5.74, 6) is -1.63. The van der Waals surface area contributed by atoms with Crippen LogP contribution in [0.2, 0.25) is 0 Å². The summed E-state index contributed by atoms with van der Waals surface area (Å²) in [6.07, 6.45) is 13.3. The van der Waals surface area contributed by atoms with Gasteiger partial charge in [-0.3, -0.25) is 27.6 Å². The minimum absolute atomic E-state index is 0.0107. The fourth-order valence-electron chi connectivity index (χ4n) is 11.2. The van der Waals surface area contributed by atoms with E-state index in [0.29, 0.717) is 111 Å². The number of carbonyl (C=O) groups is 1. The molecule has 32 heteroatoms. The van der Waals surface area contributed by atoms with Crippen LogP contribution in [0.1, 0.15) is 69.9 Å². The van der Waals surface area contributed by atoms with E-state index in [1.165, 1.54) is 18.2 Å². The number of hydrogen-bond donors (Lipinski definition) is 6. The minimum atomic E-state index is -5.13. The Morgan fingerprint density at radius 3 is 1.45 bits per heavy atom. The number of aliphatic carboxylic acids is 1. The third-order valence-corrected chi connectivity index (χ3v) is 19.8. The molecule has 0 fully saturated rings. The molecule has 2 aliphatic rings. The van der Waals surface area contributed by atoms with Gasteiger partial charge in [-0.05, 0) is 98.3 Å². The van der Waals surface area contributed by atoms with Gasteiger partial charge in [0.1, 0.15) is 16.3 Å². The molecule has 6 rings (SSSR count). The second-order valence-electron chi connectivity index (χ2n) is 21.9. The highest BCUT2D eigenvalue weighted by atomic mass is 32.2. The lowest BCUT2D eigenvalue weighted by Gasteiger charge is -2.31. The van der Waals surface area contributed by atoms with Crippen molar-refractivity contribution in [3.8, 4) is 0 Å². The zero-order chi connectivity index (χ0) is 67.5. The van der Waals surface area contributed by atoms with E-state index in [9.17, 15) is 74.8 Å². The minimum Gasteiger partial charge on any atom is -0.481 e. The van der Waals surface area contributed by atoms with Crippen LogP contribution in [0.4, 0.5) is 11.4 Å². The number of nitrogens with zero attached hydrogens (tertiary/aromatic N) is 2. The topological polar surface area (TPSA) is 389 Å². The Balaban J connectivity index is 1.43. The molecule has 2 aliphatic heterocycles. The standard InChI is InChI=1S/C60H80N2O25S5/c1-59(21-25-82-31-33-86-37-35-84-29-27-80-3)54(61(23-12-8-11-16-56(63)64)50-19-17-46-48(57(50)59)40-44(89(68,69)70)42-52(46)91(74,75)76)14-9-6-5-7-10-15-55-60(2,22-26-83-32-34-87-38-36-85-30-28-81-4)58-49-41-45(90(71,72)73)43-53(92(77,78)79)47(49)18-20-51(58)62(55)24-13-39-88(65,66)67/h5-7,9-10,14-15,17-20,40-43H,8,11-13,16,21-39H2,1-4H3,(H5-,63,64,65,66,67,68,69,70,71,72,73,74,75,76,77,78,79)/p+1. The van der Waals surface area contributed by atoms with Crippen LogP contribution in [0.3, 0.4) is 0 Å². The second-order valence-corrected chi connectivity index (χ2v) is 29.1. The summed E-state index contributed by atoms with van der Waals surface area (Å²) in [6.45, 7) is 7.44. The first-order valence-electron chi connectivity index (χ1n) is 29.3. The fourth-order valence-corrected chi connectivity index (χ4v) is 14.4. The van der Waals surface area contributed by atoms with Gasteiger partial charge >= 0.3 is 5.97 Å². The number of allylic oxidation sites excluding steroid dienone is 8. The van der Waals surface area contributed by atoms with Crippen LogP contribution in [-0.2, 0) is 104 Å². The molecular formula is C60H81N2O25S5+. The van der Waals surface area contributed by atoms with Crippen molar-refractivity contribution in [1.82, 2.24) is 0 Å². The molecule has 0 aromatic heterocycles. The molecule has 0 bridgehead atoms. The molecule has 0 spiro atoms. The predicted octanol–water partition coefficient (Wildman–Crippen LogP) is 6.76. The number of rotatable bonds is 42. The number of anilines is 1. The molecule has 0 saturated carbocycles. The molecule has 4 aromatic carbocycles. The van der Waals surface area contributed by atoms with E-state index in [1.807, 2.05) is 11.8 Å². The van der Waals surface area contributed by atoms with Gasteiger partial charge in [-0.25, -0.2) is 0 Å². The van der Waals surface area contributed by atoms with Crippen LogP contribution in [-0.4, -0.2) is 212 Å². The van der Waals surface area contributed by atoms with E-state index in [-0.39, 0.29) is 107 Å². The monoisotopic (exact) mass is 1390 g/mol. The summed E-state index contributed by atoms with van der Waals surface area (Å²) in [5, 5.41) is 9.36. The van der Waals surface area contributed by atoms with Crippen molar-refractivity contribution in [1.29, 1.82) is 0 Å². The molecule has 0 radical (unpaired) electrons. The first-order chi connectivity index (χ1) is 43.4. The van der Waals surface area contributed by atoms with E-state index in [2.05, 4.69) is 0 Å². The van der Waals surface area contributed by atoms with Crippen molar-refractivity contribution < 1.29 is 117 Å². The first-order valence-corrected chi connectivity index (χ1v) is 36.6. The van der Waals surface area contributed by atoms with E-state index in [0.717, 1.165) is 12.1 Å². The zero-order valence-corrected chi connectivity index (χ0v) is 55.6. The molecule has 27 nitrogen and oxygen atoms in total. The maximum Gasteiger partial charge on any atom is 0.303 e. The number of carboxylic acids is 1. The van der Waals surface area contributed by atoms with Gasteiger partial charge in [-0.2, -0.15) is 46.7 Å². The second kappa shape index (κ2) is 33.8. The van der Waals surface area contributed by atoms with Crippen LogP contribution in [0.5, 0.6) is 0 Å². The SMILES string of the molecule is COCCOCCOCCOCCC1(C)C(/C=C/C=C/C=C/C=C2/N(CCCCCC(=O)O)c3ccc4c(S(=O)(=O)O)cc(S(=O)(=O)O)cc4c3C2(C)CCOCCOCCOCCOC)=[N+](CCCS(=O)(=O)O)c2ccc3c(S(=O)(=O)O)cc(S(=O)(=O)O)cc3c21. The molecule has 4 aromatic rings. The Hall–Kier alpha value is -5.47. The zero-order valence-electron chi connectivity index (χ0n) is 51.5. The summed E-state index contributed by atoms with van der Waals surface area (Å²) < 4.78 is 224. The van der Waals surface area contributed by atoms with Gasteiger partial charge in [-0.15, -0.1) is 0 Å². The highest BCUT2D eigenvalue weighted by Crippen LogP contribution is 2.54. The number of ether oxygens (including phenoxy) is 8. The number of carboxylic acid groups (broad SMARTS) is 1. The number of benzene rings is 4. The molecule has 2 atom stereocenters. The van der Waals surface area contributed by atoms with Crippen LogP contribution in [0.25, 0.3) is 21.5 Å². The van der Waals surface area contributed by atoms with Gasteiger partial charge in [0, 0.05) is 92.1 Å². The lowest BCUT2D eigenvalue weighted by molar-refractivity contribution is -0.437. The average Bonchev–Trinajstić information content (AvgIpc) is 1.52. The lowest BCUT2D eigenvalue weighted by Crippen LogP contribution is -2.33. The molecule has 510 valence electrons. The van der Waals surface area contributed by atoms with Crippen LogP contribution >= 0.6 is 0 Å². The summed E-state index contributed by atoms with van der Waals surface area (Å²) >= 11 is 0. The predicted molar refractivity (Wildman–Crippen MR) is 340 cm³/mol. The smallest absolute Gasteiger partial charge is 0.303 e. The van der Waals surface area contributed by atoms with E-state index in [4.69, 9.17) is 37.9 Å². The number of hydrogen-bond acceptors (Lipinski definition) is 20. The highest BCUT2D eigenvalue weighted by molar-refractivity contribution is 7.87. The number of fused-ring (bicyclic) bond motifs is 6. The van der Waals surface area contributed by atoms with Gasteiger partial charge in [0.25, 0.3) is 50.6 Å². The Kier molecular flexibility index (Phi) is 27.7. The third-order valence-electron chi connectivity index (χ3n) is 15.5. The quantitative estimate of drug-likeness (QED) is 0.0115. The van der Waals surface area contributed by atoms with Crippen molar-refractivity contribution >= 4 is 95.2 Å². The van der Waals surface area contributed by atoms with Gasteiger partial charge < -0.3 is 47.9 Å². The van der Waals surface area contributed by atoms with E-state index < -0.39 is 92.7 Å². The molecule has 0 aliphatic carbocycles. The van der Waals surface area contributed by atoms with Gasteiger partial charge in [0.2, 0.25) is 5.69 Å². The maximum atomic E-state index is 12.9. The Morgan fingerprint density at radius 1 is 0.511 bits per heavy atom. The molecule has 2 heterocycles. The third kappa shape index (κ3) is 20.5. The molecule has 92 heavy (non-hydrogen) atoms. The first kappa shape index (κ1) is 75.6. The molecule has 0 amide bonds. The number of methoxy groups -OCH3 is 2. The van der Waals surface area contributed by atoms with E-state index >= 15 is 0 Å². The molecule has 2 unspecified atom stereocenters. The lowest BCUT2D eigenvalue weighted by atomic mass is 9.75. The molecule has 0 saturated heterocycles. The van der Waals surface area contributed by atoms with Crippen LogP contribution in [0.15, 0.2) is 116 Å². The fraction of sp³-hybridized carbons (Fsp3) is 0.500. The summed E-state index contributed by atoms with van der Waals surface area (Å²) in [7, 11) is -21.7. The number of unbranched alkanes of at least 4 members (excludes halogenated alkanes) is 2. The van der Waals surface area contributed by atoms with Crippen molar-refractivity contribution in [2.75, 3.05) is 130 Å². The summed E-state index contributed by atoms with van der Waals surface area (Å²) in [6, 6.07) is 9.48. The van der Waals surface area contributed by atoms with Crippen molar-refractivity contribution in [2.45, 2.75) is 89.2 Å². The highest BCUT2D eigenvalue weighted by Gasteiger charge is 2.50. The summed E-state index contributed by atoms with van der Waals surface area (Å²) in [5.41, 5.74) is 0.381. The van der Waals surface area contributed by atoms with Crippen molar-refractivity contribution in [2.24, 2.45) is 0 Å². The van der Waals surface area contributed by atoms with Crippen molar-refractivity contribution in [3.63, 3.8) is 0 Å². The average molecular weight is 1390 g/mol. The van der Waals surface area contributed by atoms with Crippen LogP contribution in [0, 0.1) is 0 Å². The Labute approximate surface area is 537 Å².